The largest absolute Gasteiger partial charge is 0.303 e. The molecule has 1 aromatic heterocycles. The Kier molecular flexibility index (Phi) is 5.70. The molecule has 0 spiro atoms. The molecule has 27 heavy (non-hydrogen) atoms. The number of nitrogens with zero attached hydrogens (tertiary/aromatic N) is 2. The highest BCUT2D eigenvalue weighted by Gasteiger charge is 2.28. The number of thiazole rings is 1. The molecule has 4 rings (SSSR count). The summed E-state index contributed by atoms with van der Waals surface area (Å²) in [6.45, 7) is 10.8. The highest BCUT2D eigenvalue weighted by molar-refractivity contribution is 7.10. The van der Waals surface area contributed by atoms with Gasteiger partial charge in [-0.25, -0.2) is 4.98 Å². The van der Waals surface area contributed by atoms with Gasteiger partial charge in [0.2, 0.25) is 0 Å². The highest BCUT2D eigenvalue weighted by atomic mass is 32.1. The van der Waals surface area contributed by atoms with Gasteiger partial charge in [-0.05, 0) is 67.8 Å². The molecule has 1 fully saturated rings. The van der Waals surface area contributed by atoms with E-state index in [4.69, 9.17) is 4.98 Å². The molecule has 1 saturated heterocycles. The van der Waals surface area contributed by atoms with Crippen molar-refractivity contribution in [1.29, 1.82) is 0 Å². The summed E-state index contributed by atoms with van der Waals surface area (Å²) < 4.78 is 0. The number of likely N-dealkylation sites (tertiary alicyclic amines) is 1. The zero-order chi connectivity index (χ0) is 18.9. The molecular weight excluding hydrogens is 348 g/mol. The van der Waals surface area contributed by atoms with E-state index in [0.29, 0.717) is 11.3 Å². The number of benzene rings is 1. The topological polar surface area (TPSA) is 16.1 Å². The number of unbranched alkanes of at least 4 members (excludes halogenated alkanes) is 2. The number of aryl methyl sites for hydroxylation is 1. The third-order valence-corrected chi connectivity index (χ3v) is 7.61. The Morgan fingerprint density at radius 1 is 1.26 bits per heavy atom. The van der Waals surface area contributed by atoms with Crippen molar-refractivity contribution in [2.24, 2.45) is 0 Å². The summed E-state index contributed by atoms with van der Waals surface area (Å²) in [5.74, 6) is 0.641. The quantitative estimate of drug-likeness (QED) is 0.537. The van der Waals surface area contributed by atoms with Crippen molar-refractivity contribution < 1.29 is 0 Å². The van der Waals surface area contributed by atoms with E-state index in [1.807, 2.05) is 11.3 Å². The first-order chi connectivity index (χ1) is 13.1. The van der Waals surface area contributed by atoms with E-state index >= 15 is 0 Å². The lowest BCUT2D eigenvalue weighted by molar-refractivity contribution is 0.325. The standard InChI is InChI=1S/C24H34N2S/c1-4-5-6-13-26-14-11-20(16-26)23-25-22(17-27-23)19-9-10-21-18(15-19)8-7-12-24(21,2)3/h9-10,15,17,20H,4-8,11-14,16H2,1-3H3. The van der Waals surface area contributed by atoms with E-state index < -0.39 is 0 Å². The number of rotatable bonds is 6. The molecule has 0 saturated carbocycles. The lowest BCUT2D eigenvalue weighted by Crippen LogP contribution is -2.23. The minimum atomic E-state index is 0.324. The maximum Gasteiger partial charge on any atom is 0.0976 e. The second-order valence-electron chi connectivity index (χ2n) is 9.17. The van der Waals surface area contributed by atoms with E-state index in [2.05, 4.69) is 49.3 Å². The Balaban J connectivity index is 1.46. The molecule has 2 aromatic rings. The Hall–Kier alpha value is -1.19. The fraction of sp³-hybridized carbons (Fsp3) is 0.625. The van der Waals surface area contributed by atoms with Crippen molar-refractivity contribution >= 4 is 11.3 Å². The predicted molar refractivity (Wildman–Crippen MR) is 117 cm³/mol. The van der Waals surface area contributed by atoms with Gasteiger partial charge in [-0.2, -0.15) is 0 Å². The molecule has 0 bridgehead atoms. The zero-order valence-electron chi connectivity index (χ0n) is 17.3. The predicted octanol–water partition coefficient (Wildman–Crippen LogP) is 6.40. The van der Waals surface area contributed by atoms with Gasteiger partial charge in [0.1, 0.15) is 0 Å². The fourth-order valence-corrected chi connectivity index (χ4v) is 5.86. The van der Waals surface area contributed by atoms with Crippen molar-refractivity contribution in [3.05, 3.63) is 39.7 Å². The summed E-state index contributed by atoms with van der Waals surface area (Å²) in [6, 6.07) is 7.09. The third kappa shape index (κ3) is 4.14. The maximum absolute atomic E-state index is 5.07. The van der Waals surface area contributed by atoms with Crippen LogP contribution in [0.1, 0.15) is 81.3 Å². The Morgan fingerprint density at radius 2 is 2.15 bits per heavy atom. The van der Waals surface area contributed by atoms with Gasteiger partial charge in [0.25, 0.3) is 0 Å². The van der Waals surface area contributed by atoms with Gasteiger partial charge in [0, 0.05) is 23.4 Å². The zero-order valence-corrected chi connectivity index (χ0v) is 18.1. The fourth-order valence-electron chi connectivity index (χ4n) is 4.91. The molecular formula is C24H34N2S. The molecule has 146 valence electrons. The summed E-state index contributed by atoms with van der Waals surface area (Å²) in [4.78, 5) is 7.71. The summed E-state index contributed by atoms with van der Waals surface area (Å²) in [5, 5.41) is 3.63. The minimum absolute atomic E-state index is 0.324. The summed E-state index contributed by atoms with van der Waals surface area (Å²) in [5.41, 5.74) is 5.91. The molecule has 0 amide bonds. The molecule has 2 nitrogen and oxygen atoms in total. The summed E-state index contributed by atoms with van der Waals surface area (Å²) in [6.07, 6.45) is 9.12. The molecule has 1 unspecified atom stereocenters. The average molecular weight is 383 g/mol. The van der Waals surface area contributed by atoms with Crippen LogP contribution in [0.15, 0.2) is 23.6 Å². The van der Waals surface area contributed by atoms with Gasteiger partial charge in [-0.3, -0.25) is 0 Å². The second-order valence-corrected chi connectivity index (χ2v) is 10.1. The van der Waals surface area contributed by atoms with Gasteiger partial charge in [0.15, 0.2) is 0 Å². The van der Waals surface area contributed by atoms with Crippen LogP contribution in [0.4, 0.5) is 0 Å². The monoisotopic (exact) mass is 382 g/mol. The number of fused-ring (bicyclic) bond motifs is 1. The number of hydrogen-bond acceptors (Lipinski definition) is 3. The van der Waals surface area contributed by atoms with Gasteiger partial charge >= 0.3 is 0 Å². The molecule has 1 aliphatic carbocycles. The SMILES string of the molecule is CCCCCN1CCC(c2nc(-c3ccc4c(c3)CCCC4(C)C)cs2)C1. The van der Waals surface area contributed by atoms with E-state index in [1.165, 1.54) is 80.8 Å². The van der Waals surface area contributed by atoms with Gasteiger partial charge in [-0.15, -0.1) is 11.3 Å². The molecule has 1 atom stereocenters. The number of aromatic nitrogens is 1. The Bertz CT molecular complexity index is 776. The van der Waals surface area contributed by atoms with Crippen LogP contribution in [0, 0.1) is 0 Å². The van der Waals surface area contributed by atoms with Gasteiger partial charge in [-0.1, -0.05) is 45.7 Å². The molecule has 2 heterocycles. The summed E-state index contributed by atoms with van der Waals surface area (Å²) in [7, 11) is 0. The van der Waals surface area contributed by atoms with Crippen LogP contribution in [0.2, 0.25) is 0 Å². The molecule has 3 heteroatoms. The van der Waals surface area contributed by atoms with Crippen molar-refractivity contribution in [3.63, 3.8) is 0 Å². The Morgan fingerprint density at radius 3 is 3.00 bits per heavy atom. The van der Waals surface area contributed by atoms with E-state index in [9.17, 15) is 0 Å². The van der Waals surface area contributed by atoms with Crippen molar-refractivity contribution in [1.82, 2.24) is 9.88 Å². The first-order valence-corrected chi connectivity index (χ1v) is 11.8. The second kappa shape index (κ2) is 8.05. The van der Waals surface area contributed by atoms with Crippen LogP contribution >= 0.6 is 11.3 Å². The van der Waals surface area contributed by atoms with E-state index in [1.54, 1.807) is 11.1 Å². The average Bonchev–Trinajstić information content (AvgIpc) is 3.31. The van der Waals surface area contributed by atoms with Gasteiger partial charge < -0.3 is 4.90 Å². The Labute approximate surface area is 169 Å². The maximum atomic E-state index is 5.07. The first-order valence-electron chi connectivity index (χ1n) is 10.9. The van der Waals surface area contributed by atoms with E-state index in [-0.39, 0.29) is 0 Å². The van der Waals surface area contributed by atoms with Crippen LogP contribution in [-0.2, 0) is 11.8 Å². The normalized spacial score (nSPS) is 22.1. The van der Waals surface area contributed by atoms with Crippen molar-refractivity contribution in [2.45, 2.75) is 77.0 Å². The molecule has 1 aliphatic heterocycles. The molecule has 1 aromatic carbocycles. The first kappa shape index (κ1) is 19.1. The smallest absolute Gasteiger partial charge is 0.0976 e. The van der Waals surface area contributed by atoms with Crippen molar-refractivity contribution in [3.8, 4) is 11.3 Å². The van der Waals surface area contributed by atoms with Crippen molar-refractivity contribution in [2.75, 3.05) is 19.6 Å². The lowest BCUT2D eigenvalue weighted by Gasteiger charge is -2.32. The van der Waals surface area contributed by atoms with E-state index in [0.717, 1.165) is 0 Å². The summed E-state index contributed by atoms with van der Waals surface area (Å²) >= 11 is 1.87. The van der Waals surface area contributed by atoms with Crippen LogP contribution in [0.3, 0.4) is 0 Å². The van der Waals surface area contributed by atoms with Crippen LogP contribution in [0.5, 0.6) is 0 Å². The number of hydrogen-bond donors (Lipinski definition) is 0. The third-order valence-electron chi connectivity index (χ3n) is 6.60. The molecule has 2 aliphatic rings. The van der Waals surface area contributed by atoms with Gasteiger partial charge in [0.05, 0.1) is 10.7 Å². The molecule has 0 N–H and O–H groups in total. The van der Waals surface area contributed by atoms with Crippen LogP contribution < -0.4 is 0 Å². The van der Waals surface area contributed by atoms with Crippen LogP contribution in [-0.4, -0.2) is 29.5 Å². The van der Waals surface area contributed by atoms with Crippen LogP contribution in [0.25, 0.3) is 11.3 Å². The lowest BCUT2D eigenvalue weighted by atomic mass is 9.72. The highest BCUT2D eigenvalue weighted by Crippen LogP contribution is 2.39. The minimum Gasteiger partial charge on any atom is -0.303 e. The molecule has 0 radical (unpaired) electrons.